The molecule has 0 aliphatic rings. The summed E-state index contributed by atoms with van der Waals surface area (Å²) in [4.78, 5) is 2.40. The Morgan fingerprint density at radius 1 is 1.25 bits per heavy atom. The van der Waals surface area contributed by atoms with Gasteiger partial charge in [-0.25, -0.2) is 0 Å². The third-order valence-corrected chi connectivity index (χ3v) is 3.16. The zero-order valence-corrected chi connectivity index (χ0v) is 10.7. The molecule has 16 heavy (non-hydrogen) atoms. The highest BCUT2D eigenvalue weighted by molar-refractivity contribution is 5.14. The van der Waals surface area contributed by atoms with E-state index in [0.29, 0.717) is 6.04 Å². The maximum Gasteiger partial charge on any atom is 0.0206 e. The van der Waals surface area contributed by atoms with Crippen LogP contribution in [-0.2, 0) is 6.54 Å². The first-order valence-electron chi connectivity index (χ1n) is 6.19. The van der Waals surface area contributed by atoms with Crippen molar-refractivity contribution in [3.8, 4) is 0 Å². The zero-order valence-electron chi connectivity index (χ0n) is 10.7. The molecular weight excluding hydrogens is 196 g/mol. The van der Waals surface area contributed by atoms with Gasteiger partial charge in [-0.3, -0.25) is 0 Å². The molecule has 1 N–H and O–H groups in total. The fourth-order valence-electron chi connectivity index (χ4n) is 1.62. The fourth-order valence-corrected chi connectivity index (χ4v) is 1.62. The lowest BCUT2D eigenvalue weighted by molar-refractivity contribution is 0.252. The summed E-state index contributed by atoms with van der Waals surface area (Å²) in [5.41, 5.74) is 1.36. The zero-order chi connectivity index (χ0) is 11.8. The van der Waals surface area contributed by atoms with E-state index in [0.717, 1.165) is 19.6 Å². The van der Waals surface area contributed by atoms with E-state index in [2.05, 4.69) is 61.4 Å². The van der Waals surface area contributed by atoms with E-state index in [9.17, 15) is 0 Å². The summed E-state index contributed by atoms with van der Waals surface area (Å²) in [5, 5.41) is 3.47. The summed E-state index contributed by atoms with van der Waals surface area (Å²) in [6.45, 7) is 7.64. The van der Waals surface area contributed by atoms with Crippen LogP contribution in [-0.4, -0.2) is 31.1 Å². The van der Waals surface area contributed by atoms with E-state index in [1.807, 2.05) is 0 Å². The Bertz CT molecular complexity index is 271. The lowest BCUT2D eigenvalue weighted by Gasteiger charge is -2.23. The standard InChI is InChI=1S/C14H24N2/c1-4-13(2)16(3)11-10-15-12-14-8-6-5-7-9-14/h5-9,13,15H,4,10-12H2,1-3H3. The van der Waals surface area contributed by atoms with Gasteiger partial charge in [-0.15, -0.1) is 0 Å². The molecule has 0 aromatic heterocycles. The van der Waals surface area contributed by atoms with Crippen LogP contribution in [0.25, 0.3) is 0 Å². The lowest BCUT2D eigenvalue weighted by atomic mass is 10.2. The highest BCUT2D eigenvalue weighted by Gasteiger charge is 2.04. The molecule has 1 aromatic carbocycles. The van der Waals surface area contributed by atoms with E-state index < -0.39 is 0 Å². The fraction of sp³-hybridized carbons (Fsp3) is 0.571. The molecule has 90 valence electrons. The Hall–Kier alpha value is -0.860. The highest BCUT2D eigenvalue weighted by atomic mass is 15.1. The molecule has 2 heteroatoms. The SMILES string of the molecule is CCC(C)N(C)CCNCc1ccccc1. The van der Waals surface area contributed by atoms with Gasteiger partial charge in [0.2, 0.25) is 0 Å². The molecule has 0 saturated heterocycles. The van der Waals surface area contributed by atoms with Gasteiger partial charge in [0, 0.05) is 25.7 Å². The average Bonchev–Trinajstić information content (AvgIpc) is 2.34. The molecule has 0 aliphatic carbocycles. The molecule has 0 fully saturated rings. The van der Waals surface area contributed by atoms with Gasteiger partial charge >= 0.3 is 0 Å². The third kappa shape index (κ3) is 4.77. The summed E-state index contributed by atoms with van der Waals surface area (Å²) in [6.07, 6.45) is 1.22. The topological polar surface area (TPSA) is 15.3 Å². The summed E-state index contributed by atoms with van der Waals surface area (Å²) >= 11 is 0. The molecule has 0 spiro atoms. The molecule has 1 aromatic rings. The van der Waals surface area contributed by atoms with Gasteiger partial charge in [0.15, 0.2) is 0 Å². The summed E-state index contributed by atoms with van der Waals surface area (Å²) in [6, 6.07) is 11.2. The third-order valence-electron chi connectivity index (χ3n) is 3.16. The van der Waals surface area contributed by atoms with Crippen molar-refractivity contribution in [2.24, 2.45) is 0 Å². The van der Waals surface area contributed by atoms with Crippen LogP contribution in [0.5, 0.6) is 0 Å². The monoisotopic (exact) mass is 220 g/mol. The number of likely N-dealkylation sites (N-methyl/N-ethyl adjacent to an activating group) is 1. The minimum Gasteiger partial charge on any atom is -0.311 e. The molecule has 2 nitrogen and oxygen atoms in total. The van der Waals surface area contributed by atoms with Crippen LogP contribution in [0.4, 0.5) is 0 Å². The van der Waals surface area contributed by atoms with Crippen molar-refractivity contribution < 1.29 is 0 Å². The smallest absolute Gasteiger partial charge is 0.0206 e. The van der Waals surface area contributed by atoms with Crippen molar-refractivity contribution in [2.45, 2.75) is 32.9 Å². The largest absolute Gasteiger partial charge is 0.311 e. The predicted molar refractivity (Wildman–Crippen MR) is 70.5 cm³/mol. The number of benzene rings is 1. The van der Waals surface area contributed by atoms with E-state index in [4.69, 9.17) is 0 Å². The van der Waals surface area contributed by atoms with Gasteiger partial charge in [0.25, 0.3) is 0 Å². The van der Waals surface area contributed by atoms with Crippen molar-refractivity contribution in [3.05, 3.63) is 35.9 Å². The number of nitrogens with one attached hydrogen (secondary N) is 1. The molecule has 1 atom stereocenters. The Morgan fingerprint density at radius 2 is 1.94 bits per heavy atom. The van der Waals surface area contributed by atoms with Crippen molar-refractivity contribution in [1.29, 1.82) is 0 Å². The quantitative estimate of drug-likeness (QED) is 0.710. The van der Waals surface area contributed by atoms with Crippen LogP contribution in [0.2, 0.25) is 0 Å². The van der Waals surface area contributed by atoms with Crippen LogP contribution in [0.3, 0.4) is 0 Å². The van der Waals surface area contributed by atoms with Crippen LogP contribution < -0.4 is 5.32 Å². The van der Waals surface area contributed by atoms with Gasteiger partial charge in [-0.2, -0.15) is 0 Å². The van der Waals surface area contributed by atoms with Gasteiger partial charge < -0.3 is 10.2 Å². The van der Waals surface area contributed by atoms with E-state index >= 15 is 0 Å². The first-order chi connectivity index (χ1) is 7.74. The van der Waals surface area contributed by atoms with Gasteiger partial charge in [0.05, 0.1) is 0 Å². The van der Waals surface area contributed by atoms with Crippen molar-refractivity contribution in [2.75, 3.05) is 20.1 Å². The normalized spacial score (nSPS) is 13.0. The molecule has 1 rings (SSSR count). The van der Waals surface area contributed by atoms with Gasteiger partial charge in [-0.1, -0.05) is 37.3 Å². The minimum atomic E-state index is 0.679. The second-order valence-electron chi connectivity index (χ2n) is 4.40. The highest BCUT2D eigenvalue weighted by Crippen LogP contribution is 1.99. The Morgan fingerprint density at radius 3 is 2.56 bits per heavy atom. The molecule has 0 saturated carbocycles. The van der Waals surface area contributed by atoms with E-state index in [1.165, 1.54) is 12.0 Å². The van der Waals surface area contributed by atoms with Gasteiger partial charge in [-0.05, 0) is 26.0 Å². The van der Waals surface area contributed by atoms with Crippen LogP contribution in [0.15, 0.2) is 30.3 Å². The first kappa shape index (κ1) is 13.2. The Labute approximate surface area is 99.7 Å². The Balaban J connectivity index is 2.13. The van der Waals surface area contributed by atoms with Crippen LogP contribution >= 0.6 is 0 Å². The summed E-state index contributed by atoms with van der Waals surface area (Å²) in [5.74, 6) is 0. The second-order valence-corrected chi connectivity index (χ2v) is 4.40. The van der Waals surface area contributed by atoms with Crippen molar-refractivity contribution in [3.63, 3.8) is 0 Å². The first-order valence-corrected chi connectivity index (χ1v) is 6.19. The van der Waals surface area contributed by atoms with E-state index in [1.54, 1.807) is 0 Å². The maximum atomic E-state index is 3.47. The molecule has 0 amide bonds. The summed E-state index contributed by atoms with van der Waals surface area (Å²) < 4.78 is 0. The number of rotatable bonds is 7. The van der Waals surface area contributed by atoms with Crippen LogP contribution in [0, 0.1) is 0 Å². The Kier molecular flexibility index (Phi) is 6.12. The van der Waals surface area contributed by atoms with Crippen molar-refractivity contribution in [1.82, 2.24) is 10.2 Å². The van der Waals surface area contributed by atoms with E-state index in [-0.39, 0.29) is 0 Å². The summed E-state index contributed by atoms with van der Waals surface area (Å²) in [7, 11) is 2.19. The second kappa shape index (κ2) is 7.42. The molecule has 1 unspecified atom stereocenters. The van der Waals surface area contributed by atoms with Crippen molar-refractivity contribution >= 4 is 0 Å². The molecule has 0 aliphatic heterocycles. The minimum absolute atomic E-state index is 0.679. The predicted octanol–water partition coefficient (Wildman–Crippen LogP) is 2.51. The molecule has 0 radical (unpaired) electrons. The van der Waals surface area contributed by atoms with Crippen LogP contribution in [0.1, 0.15) is 25.8 Å². The molecular formula is C14H24N2. The number of nitrogens with zero attached hydrogens (tertiary/aromatic N) is 1. The lowest BCUT2D eigenvalue weighted by Crippen LogP contribution is -2.34. The molecule has 0 bridgehead atoms. The molecule has 0 heterocycles. The average molecular weight is 220 g/mol. The van der Waals surface area contributed by atoms with Gasteiger partial charge in [0.1, 0.15) is 0 Å². The number of hydrogen-bond acceptors (Lipinski definition) is 2. The maximum absolute atomic E-state index is 3.47. The number of hydrogen-bond donors (Lipinski definition) is 1.